The fourth-order valence-corrected chi connectivity index (χ4v) is 1.60. The summed E-state index contributed by atoms with van der Waals surface area (Å²) in [5.74, 6) is -0.0757. The van der Waals surface area contributed by atoms with E-state index in [4.69, 9.17) is 9.47 Å². The van der Waals surface area contributed by atoms with Gasteiger partial charge in [-0.3, -0.25) is 9.59 Å². The molecule has 4 nitrogen and oxygen atoms in total. The molecule has 0 fully saturated rings. The molecule has 0 atom stereocenters. The van der Waals surface area contributed by atoms with E-state index in [0.29, 0.717) is 37.2 Å². The van der Waals surface area contributed by atoms with E-state index >= 15 is 0 Å². The maximum absolute atomic E-state index is 11.5. The van der Waals surface area contributed by atoms with Gasteiger partial charge in [-0.05, 0) is 25.0 Å². The van der Waals surface area contributed by atoms with E-state index in [1.807, 2.05) is 12.2 Å². The van der Waals surface area contributed by atoms with Gasteiger partial charge in [0.2, 0.25) is 0 Å². The van der Waals surface area contributed by atoms with Crippen LogP contribution in [0.15, 0.2) is 36.4 Å². The Morgan fingerprint density at radius 2 is 1.22 bits per heavy atom. The predicted octanol–water partition coefficient (Wildman–Crippen LogP) is 2.63. The Balaban J connectivity index is 2.21. The molecule has 4 heteroatoms. The van der Waals surface area contributed by atoms with Crippen LogP contribution in [0.5, 0.6) is 11.5 Å². The molecule has 0 unspecified atom stereocenters. The Labute approximate surface area is 105 Å². The molecular weight excluding hydrogens is 232 g/mol. The minimum Gasteiger partial charge on any atom is -0.423 e. The normalized spacial score (nSPS) is 18.7. The lowest BCUT2D eigenvalue weighted by molar-refractivity contribution is -0.137. The Kier molecular flexibility index (Phi) is 4.12. The van der Waals surface area contributed by atoms with Crippen LogP contribution < -0.4 is 9.47 Å². The molecule has 1 aromatic rings. The van der Waals surface area contributed by atoms with Gasteiger partial charge in [-0.25, -0.2) is 0 Å². The van der Waals surface area contributed by atoms with Gasteiger partial charge in [-0.15, -0.1) is 0 Å². The van der Waals surface area contributed by atoms with E-state index in [1.165, 1.54) is 0 Å². The summed E-state index contributed by atoms with van der Waals surface area (Å²) in [5.41, 5.74) is 0. The number of para-hydroxylation sites is 2. The van der Waals surface area contributed by atoms with Crippen molar-refractivity contribution in [1.29, 1.82) is 0 Å². The number of allylic oxidation sites excluding steroid dienone is 2. The fraction of sp³-hybridized carbons (Fsp3) is 0.286. The van der Waals surface area contributed by atoms with Crippen LogP contribution in [0.2, 0.25) is 0 Å². The van der Waals surface area contributed by atoms with Crippen LogP contribution in [0.25, 0.3) is 0 Å². The molecule has 0 bridgehead atoms. The van der Waals surface area contributed by atoms with Crippen LogP contribution >= 0.6 is 0 Å². The Bertz CT molecular complexity index is 433. The van der Waals surface area contributed by atoms with Crippen molar-refractivity contribution in [3.05, 3.63) is 36.4 Å². The van der Waals surface area contributed by atoms with E-state index in [0.717, 1.165) is 0 Å². The Morgan fingerprint density at radius 1 is 0.778 bits per heavy atom. The van der Waals surface area contributed by atoms with Crippen LogP contribution in [0.4, 0.5) is 0 Å². The molecule has 0 aromatic heterocycles. The number of fused-ring (bicyclic) bond motifs is 1. The third kappa shape index (κ3) is 3.45. The second-order valence-electron chi connectivity index (χ2n) is 3.94. The van der Waals surface area contributed by atoms with Gasteiger partial charge in [0.05, 0.1) is 0 Å². The Hall–Kier alpha value is -2.10. The van der Waals surface area contributed by atoms with E-state index in [-0.39, 0.29) is 11.9 Å². The van der Waals surface area contributed by atoms with Crippen LogP contribution in [0.1, 0.15) is 25.7 Å². The first kappa shape index (κ1) is 12.4. The molecule has 0 saturated carbocycles. The van der Waals surface area contributed by atoms with Crippen molar-refractivity contribution in [1.82, 2.24) is 0 Å². The Morgan fingerprint density at radius 3 is 1.67 bits per heavy atom. The number of hydrogen-bond acceptors (Lipinski definition) is 4. The molecule has 1 aromatic carbocycles. The molecule has 94 valence electrons. The first-order valence-corrected chi connectivity index (χ1v) is 5.91. The molecule has 0 N–H and O–H groups in total. The summed E-state index contributed by atoms with van der Waals surface area (Å²) in [6, 6.07) is 6.68. The lowest BCUT2D eigenvalue weighted by atomic mass is 10.2. The highest BCUT2D eigenvalue weighted by Gasteiger charge is 2.13. The van der Waals surface area contributed by atoms with E-state index < -0.39 is 0 Å². The van der Waals surface area contributed by atoms with Gasteiger partial charge in [0.1, 0.15) is 0 Å². The highest BCUT2D eigenvalue weighted by atomic mass is 16.6. The second-order valence-corrected chi connectivity index (χ2v) is 3.94. The molecule has 0 aliphatic carbocycles. The van der Waals surface area contributed by atoms with E-state index in [1.54, 1.807) is 24.3 Å². The number of benzene rings is 1. The van der Waals surface area contributed by atoms with E-state index in [2.05, 4.69) is 0 Å². The zero-order valence-corrected chi connectivity index (χ0v) is 9.93. The van der Waals surface area contributed by atoms with E-state index in [9.17, 15) is 9.59 Å². The first-order chi connectivity index (χ1) is 8.75. The SMILES string of the molecule is O=C1CC/C=C/CCC(=O)Oc2ccccc2O1. The molecule has 0 radical (unpaired) electrons. The number of esters is 2. The summed E-state index contributed by atoms with van der Waals surface area (Å²) in [7, 11) is 0. The topological polar surface area (TPSA) is 52.6 Å². The molecule has 2 rings (SSSR count). The van der Waals surface area contributed by atoms with Gasteiger partial charge < -0.3 is 9.47 Å². The zero-order chi connectivity index (χ0) is 12.8. The third-order valence-corrected chi connectivity index (χ3v) is 2.49. The highest BCUT2D eigenvalue weighted by molar-refractivity contribution is 5.76. The molecule has 1 aliphatic rings. The van der Waals surface area contributed by atoms with Gasteiger partial charge in [0.15, 0.2) is 11.5 Å². The molecule has 0 spiro atoms. The summed E-state index contributed by atoms with van der Waals surface area (Å²) in [5, 5.41) is 0. The number of carbonyl (C=O) groups is 2. The number of hydrogen-bond donors (Lipinski definition) is 0. The van der Waals surface area contributed by atoms with Crippen LogP contribution in [-0.4, -0.2) is 11.9 Å². The van der Waals surface area contributed by atoms with Crippen molar-refractivity contribution in [2.75, 3.05) is 0 Å². The van der Waals surface area contributed by atoms with Crippen LogP contribution in [-0.2, 0) is 9.59 Å². The maximum atomic E-state index is 11.5. The molecular formula is C14H14O4. The van der Waals surface area contributed by atoms with Crippen LogP contribution in [0, 0.1) is 0 Å². The zero-order valence-electron chi connectivity index (χ0n) is 9.93. The van der Waals surface area contributed by atoms with Crippen molar-refractivity contribution in [2.24, 2.45) is 0 Å². The fourth-order valence-electron chi connectivity index (χ4n) is 1.60. The van der Waals surface area contributed by atoms with Crippen molar-refractivity contribution < 1.29 is 19.1 Å². The van der Waals surface area contributed by atoms with Crippen molar-refractivity contribution in [3.63, 3.8) is 0 Å². The van der Waals surface area contributed by atoms with Gasteiger partial charge in [0.25, 0.3) is 0 Å². The third-order valence-electron chi connectivity index (χ3n) is 2.49. The quantitative estimate of drug-likeness (QED) is 0.401. The van der Waals surface area contributed by atoms with Gasteiger partial charge in [-0.2, -0.15) is 0 Å². The molecule has 0 amide bonds. The summed E-state index contributed by atoms with van der Waals surface area (Å²) < 4.78 is 10.3. The molecule has 1 heterocycles. The molecule has 1 aliphatic heterocycles. The van der Waals surface area contributed by atoms with Crippen molar-refractivity contribution in [3.8, 4) is 11.5 Å². The second kappa shape index (κ2) is 6.00. The smallest absolute Gasteiger partial charge is 0.311 e. The largest absolute Gasteiger partial charge is 0.423 e. The average molecular weight is 246 g/mol. The summed E-state index contributed by atoms with van der Waals surface area (Å²) in [6.07, 6.45) is 5.63. The minimum atomic E-state index is -0.330. The monoisotopic (exact) mass is 246 g/mol. The minimum absolute atomic E-state index is 0.292. The van der Waals surface area contributed by atoms with Gasteiger partial charge in [0, 0.05) is 12.8 Å². The maximum Gasteiger partial charge on any atom is 0.311 e. The summed E-state index contributed by atoms with van der Waals surface area (Å²) >= 11 is 0. The first-order valence-electron chi connectivity index (χ1n) is 5.91. The van der Waals surface area contributed by atoms with Crippen molar-refractivity contribution in [2.45, 2.75) is 25.7 Å². The number of ether oxygens (including phenoxy) is 2. The number of carbonyl (C=O) groups excluding carboxylic acids is 2. The molecule has 0 saturated heterocycles. The predicted molar refractivity (Wildman–Crippen MR) is 65.3 cm³/mol. The number of rotatable bonds is 0. The lowest BCUT2D eigenvalue weighted by Gasteiger charge is -2.10. The van der Waals surface area contributed by atoms with Gasteiger partial charge >= 0.3 is 11.9 Å². The van der Waals surface area contributed by atoms with Gasteiger partial charge in [-0.1, -0.05) is 24.3 Å². The highest BCUT2D eigenvalue weighted by Crippen LogP contribution is 2.27. The van der Waals surface area contributed by atoms with Crippen LogP contribution in [0.3, 0.4) is 0 Å². The summed E-state index contributed by atoms with van der Waals surface area (Å²) in [6.45, 7) is 0. The lowest BCUT2D eigenvalue weighted by Crippen LogP contribution is -2.12. The summed E-state index contributed by atoms with van der Waals surface area (Å²) in [4.78, 5) is 23.1. The molecule has 18 heavy (non-hydrogen) atoms. The average Bonchev–Trinajstić information content (AvgIpc) is 2.34. The standard InChI is InChI=1S/C14H14O4/c15-13-9-3-1-2-4-10-14(16)18-12-8-6-5-7-11(12)17-13/h1-2,5-8H,3-4,9-10H2/b2-1+. The van der Waals surface area contributed by atoms with Crippen molar-refractivity contribution >= 4 is 11.9 Å².